The summed E-state index contributed by atoms with van der Waals surface area (Å²) in [5.41, 5.74) is 6.00. The van der Waals surface area contributed by atoms with Crippen LogP contribution in [0.2, 0.25) is 0 Å². The lowest BCUT2D eigenvalue weighted by molar-refractivity contribution is -0.137. The predicted octanol–water partition coefficient (Wildman–Crippen LogP) is 0.918. The van der Waals surface area contributed by atoms with E-state index in [2.05, 4.69) is 0 Å². The average molecular weight is 225 g/mol. The summed E-state index contributed by atoms with van der Waals surface area (Å²) in [7, 11) is 1.44. The van der Waals surface area contributed by atoms with Gasteiger partial charge in [0, 0.05) is 11.5 Å². The number of benzene rings is 1. The van der Waals surface area contributed by atoms with Crippen molar-refractivity contribution in [3.63, 3.8) is 0 Å². The molecule has 0 saturated carbocycles. The zero-order valence-corrected chi connectivity index (χ0v) is 9.01. The Morgan fingerprint density at radius 1 is 1.56 bits per heavy atom. The van der Waals surface area contributed by atoms with E-state index in [4.69, 9.17) is 15.6 Å². The third-order valence-corrected chi connectivity index (χ3v) is 2.40. The molecule has 88 valence electrons. The van der Waals surface area contributed by atoms with Gasteiger partial charge in [-0.25, -0.2) is 0 Å². The summed E-state index contributed by atoms with van der Waals surface area (Å²) in [4.78, 5) is 10.6. The van der Waals surface area contributed by atoms with E-state index in [0.29, 0.717) is 11.3 Å². The Bertz CT molecular complexity index is 378. The van der Waals surface area contributed by atoms with Crippen LogP contribution in [0.5, 0.6) is 11.5 Å². The van der Waals surface area contributed by atoms with Gasteiger partial charge in [-0.3, -0.25) is 4.79 Å². The molecule has 16 heavy (non-hydrogen) atoms. The van der Waals surface area contributed by atoms with Gasteiger partial charge in [-0.2, -0.15) is 0 Å². The molecule has 1 rings (SSSR count). The van der Waals surface area contributed by atoms with Crippen molar-refractivity contribution in [1.82, 2.24) is 0 Å². The van der Waals surface area contributed by atoms with Crippen molar-refractivity contribution < 1.29 is 19.7 Å². The molecule has 0 aromatic heterocycles. The van der Waals surface area contributed by atoms with E-state index < -0.39 is 11.9 Å². The molecule has 0 radical (unpaired) electrons. The molecule has 0 bridgehead atoms. The number of nitrogens with two attached hydrogens (primary N) is 1. The Balaban J connectivity index is 3.04. The van der Waals surface area contributed by atoms with Crippen LogP contribution in [0.1, 0.15) is 17.9 Å². The van der Waals surface area contributed by atoms with Gasteiger partial charge in [0.05, 0.1) is 13.5 Å². The summed E-state index contributed by atoms with van der Waals surface area (Å²) in [6.07, 6.45) is -0.114. The third-order valence-electron chi connectivity index (χ3n) is 2.40. The first-order valence-corrected chi connectivity index (χ1v) is 4.87. The summed E-state index contributed by atoms with van der Waals surface area (Å²) in [5, 5.41) is 18.6. The highest BCUT2D eigenvalue weighted by Crippen LogP contribution is 2.35. The van der Waals surface area contributed by atoms with Gasteiger partial charge >= 0.3 is 5.97 Å². The minimum Gasteiger partial charge on any atom is -0.504 e. The molecule has 1 unspecified atom stereocenters. The molecule has 0 heterocycles. The number of carbonyl (C=O) groups is 1. The van der Waals surface area contributed by atoms with Gasteiger partial charge in [0.1, 0.15) is 0 Å². The maximum Gasteiger partial charge on any atom is 0.304 e. The molecule has 0 aliphatic heterocycles. The smallest absolute Gasteiger partial charge is 0.304 e. The molecule has 1 aromatic rings. The second-order valence-corrected chi connectivity index (χ2v) is 3.43. The summed E-state index contributed by atoms with van der Waals surface area (Å²) >= 11 is 0. The number of aliphatic carboxylic acids is 1. The van der Waals surface area contributed by atoms with Gasteiger partial charge in [0.15, 0.2) is 11.5 Å². The number of carboxylic acid groups (broad SMARTS) is 1. The molecule has 5 heteroatoms. The molecular weight excluding hydrogens is 210 g/mol. The molecule has 4 N–H and O–H groups in total. The van der Waals surface area contributed by atoms with Crippen molar-refractivity contribution in [2.75, 3.05) is 13.7 Å². The highest BCUT2D eigenvalue weighted by atomic mass is 16.5. The summed E-state index contributed by atoms with van der Waals surface area (Å²) in [5.74, 6) is -1.08. The standard InChI is InChI=1S/C11H15NO4/c1-16-9-4-2-3-8(11(9)15)7(6-12)5-10(13)14/h2-4,7,15H,5-6,12H2,1H3,(H,13,14). The maximum atomic E-state index is 10.6. The highest BCUT2D eigenvalue weighted by molar-refractivity contribution is 5.68. The lowest BCUT2D eigenvalue weighted by Gasteiger charge is -2.15. The number of phenols is 1. The van der Waals surface area contributed by atoms with E-state index in [9.17, 15) is 9.90 Å². The normalized spacial score (nSPS) is 12.1. The van der Waals surface area contributed by atoms with Crippen LogP contribution in [0.4, 0.5) is 0 Å². The number of carboxylic acids is 1. The Kier molecular flexibility index (Phi) is 4.13. The average Bonchev–Trinajstić information content (AvgIpc) is 2.26. The van der Waals surface area contributed by atoms with Crippen LogP contribution in [0.3, 0.4) is 0 Å². The van der Waals surface area contributed by atoms with Gasteiger partial charge in [0.25, 0.3) is 0 Å². The fraction of sp³-hybridized carbons (Fsp3) is 0.364. The zero-order valence-electron chi connectivity index (χ0n) is 9.01. The molecule has 0 aliphatic carbocycles. The molecule has 5 nitrogen and oxygen atoms in total. The van der Waals surface area contributed by atoms with Crippen LogP contribution < -0.4 is 10.5 Å². The van der Waals surface area contributed by atoms with E-state index >= 15 is 0 Å². The van der Waals surface area contributed by atoms with Crippen molar-refractivity contribution in [3.8, 4) is 11.5 Å². The van der Waals surface area contributed by atoms with Crippen molar-refractivity contribution >= 4 is 5.97 Å². The third kappa shape index (κ3) is 2.64. The summed E-state index contributed by atoms with van der Waals surface area (Å²) in [6, 6.07) is 4.95. The number of hydrogen-bond acceptors (Lipinski definition) is 4. The first kappa shape index (κ1) is 12.3. The van der Waals surface area contributed by atoms with E-state index in [0.717, 1.165) is 0 Å². The number of methoxy groups -OCH3 is 1. The van der Waals surface area contributed by atoms with Crippen molar-refractivity contribution in [1.29, 1.82) is 0 Å². The molecular formula is C11H15NO4. The molecule has 0 aliphatic rings. The van der Waals surface area contributed by atoms with Crippen molar-refractivity contribution in [3.05, 3.63) is 23.8 Å². The number of phenolic OH excluding ortho intramolecular Hbond substituents is 1. The van der Waals surface area contributed by atoms with Crippen LogP contribution in [-0.2, 0) is 4.79 Å². The maximum absolute atomic E-state index is 10.6. The zero-order chi connectivity index (χ0) is 12.1. The highest BCUT2D eigenvalue weighted by Gasteiger charge is 2.19. The Morgan fingerprint density at radius 2 is 2.25 bits per heavy atom. The van der Waals surface area contributed by atoms with Crippen molar-refractivity contribution in [2.45, 2.75) is 12.3 Å². The van der Waals surface area contributed by atoms with Crippen LogP contribution in [0.15, 0.2) is 18.2 Å². The van der Waals surface area contributed by atoms with Crippen molar-refractivity contribution in [2.24, 2.45) is 5.73 Å². The number of hydrogen-bond donors (Lipinski definition) is 3. The minimum atomic E-state index is -0.947. The first-order chi connectivity index (χ1) is 7.60. The number of para-hydroxylation sites is 1. The van der Waals surface area contributed by atoms with Gasteiger partial charge < -0.3 is 20.7 Å². The largest absolute Gasteiger partial charge is 0.504 e. The van der Waals surface area contributed by atoms with Gasteiger partial charge in [-0.1, -0.05) is 12.1 Å². The van der Waals surface area contributed by atoms with E-state index in [1.165, 1.54) is 7.11 Å². The Labute approximate surface area is 93.5 Å². The lowest BCUT2D eigenvalue weighted by Crippen LogP contribution is -2.16. The SMILES string of the molecule is COc1cccc(C(CN)CC(=O)O)c1O. The topological polar surface area (TPSA) is 92.8 Å². The second kappa shape index (κ2) is 5.37. The van der Waals surface area contributed by atoms with Crippen LogP contribution >= 0.6 is 0 Å². The summed E-state index contributed by atoms with van der Waals surface area (Å²) in [6.45, 7) is 0.160. The second-order valence-electron chi connectivity index (χ2n) is 3.43. The van der Waals surface area contributed by atoms with Crippen LogP contribution in [0, 0.1) is 0 Å². The van der Waals surface area contributed by atoms with E-state index in [1.807, 2.05) is 0 Å². The lowest BCUT2D eigenvalue weighted by atomic mass is 9.95. The molecule has 0 amide bonds. The Hall–Kier alpha value is -1.75. The number of aromatic hydroxyl groups is 1. The molecule has 0 saturated heterocycles. The number of rotatable bonds is 5. The molecule has 1 aromatic carbocycles. The fourth-order valence-electron chi connectivity index (χ4n) is 1.56. The fourth-order valence-corrected chi connectivity index (χ4v) is 1.56. The Morgan fingerprint density at radius 3 is 2.75 bits per heavy atom. The number of ether oxygens (including phenoxy) is 1. The van der Waals surface area contributed by atoms with Gasteiger partial charge in [0.2, 0.25) is 0 Å². The monoisotopic (exact) mass is 225 g/mol. The van der Waals surface area contributed by atoms with Gasteiger partial charge in [-0.15, -0.1) is 0 Å². The van der Waals surface area contributed by atoms with E-state index in [-0.39, 0.29) is 18.7 Å². The first-order valence-electron chi connectivity index (χ1n) is 4.87. The van der Waals surface area contributed by atoms with Crippen LogP contribution in [0.25, 0.3) is 0 Å². The van der Waals surface area contributed by atoms with E-state index in [1.54, 1.807) is 18.2 Å². The van der Waals surface area contributed by atoms with Crippen LogP contribution in [-0.4, -0.2) is 29.8 Å². The molecule has 1 atom stereocenters. The molecule has 0 fully saturated rings. The quantitative estimate of drug-likeness (QED) is 0.692. The predicted molar refractivity (Wildman–Crippen MR) is 58.7 cm³/mol. The molecule has 0 spiro atoms. The minimum absolute atomic E-state index is 0.0401. The van der Waals surface area contributed by atoms with Gasteiger partial charge in [-0.05, 0) is 12.6 Å². The summed E-state index contributed by atoms with van der Waals surface area (Å²) < 4.78 is 4.95.